The normalized spacial score (nSPS) is 11.6. The molecule has 176 valence electrons. The molecular formula is C24H17F3N6O2. The van der Waals surface area contributed by atoms with Gasteiger partial charge >= 0.3 is 6.18 Å². The van der Waals surface area contributed by atoms with Gasteiger partial charge in [-0.2, -0.15) is 18.3 Å². The summed E-state index contributed by atoms with van der Waals surface area (Å²) < 4.78 is 39.4. The first-order chi connectivity index (χ1) is 16.8. The molecule has 0 atom stereocenters. The van der Waals surface area contributed by atoms with Crippen molar-refractivity contribution in [1.82, 2.24) is 19.7 Å². The molecule has 0 saturated heterocycles. The molecule has 0 aliphatic carbocycles. The third-order valence-corrected chi connectivity index (χ3v) is 5.34. The van der Waals surface area contributed by atoms with E-state index in [4.69, 9.17) is 0 Å². The highest BCUT2D eigenvalue weighted by molar-refractivity contribution is 6.10. The van der Waals surface area contributed by atoms with Crippen LogP contribution < -0.4 is 16.2 Å². The van der Waals surface area contributed by atoms with Crippen molar-refractivity contribution >= 4 is 44.8 Å². The summed E-state index contributed by atoms with van der Waals surface area (Å²) >= 11 is 0. The number of H-pyrrole nitrogens is 1. The lowest BCUT2D eigenvalue weighted by molar-refractivity contribution is -0.137. The highest BCUT2D eigenvalue weighted by Crippen LogP contribution is 2.30. The van der Waals surface area contributed by atoms with Crippen LogP contribution in [0.3, 0.4) is 0 Å². The lowest BCUT2D eigenvalue weighted by atomic mass is 10.1. The molecule has 0 radical (unpaired) electrons. The predicted octanol–water partition coefficient (Wildman–Crippen LogP) is 4.67. The van der Waals surface area contributed by atoms with Crippen molar-refractivity contribution in [3.8, 4) is 0 Å². The summed E-state index contributed by atoms with van der Waals surface area (Å²) in [7, 11) is 0. The van der Waals surface area contributed by atoms with Crippen molar-refractivity contribution in [2.45, 2.75) is 12.7 Å². The standard InChI is InChI=1S/C24H17F3N6O2/c25-24(26,27)14-5-7-15(8-6-14)31-20(34)13-33-12-16(11-29-33)30-19-9-10-28-22-21(19)17-3-1-2-4-18(17)23(35)32-22/h1-12H,13H2,(H,31,34)(H2,28,30,32,35). The molecule has 0 unspecified atom stereocenters. The Morgan fingerprint density at radius 2 is 1.74 bits per heavy atom. The Hall–Kier alpha value is -4.67. The Labute approximate surface area is 195 Å². The van der Waals surface area contributed by atoms with Gasteiger partial charge in [0.25, 0.3) is 5.56 Å². The third kappa shape index (κ3) is 4.56. The van der Waals surface area contributed by atoms with Gasteiger partial charge in [-0.3, -0.25) is 14.3 Å². The number of benzene rings is 2. The fourth-order valence-electron chi connectivity index (χ4n) is 3.77. The van der Waals surface area contributed by atoms with Crippen LogP contribution in [0.1, 0.15) is 5.56 Å². The molecule has 2 aromatic carbocycles. The second kappa shape index (κ2) is 8.60. The van der Waals surface area contributed by atoms with Gasteiger partial charge in [-0.15, -0.1) is 0 Å². The fourth-order valence-corrected chi connectivity index (χ4v) is 3.77. The lowest BCUT2D eigenvalue weighted by Gasteiger charge is -2.10. The Morgan fingerprint density at radius 3 is 2.49 bits per heavy atom. The van der Waals surface area contributed by atoms with Crippen molar-refractivity contribution in [1.29, 1.82) is 0 Å². The van der Waals surface area contributed by atoms with Crippen LogP contribution in [0.4, 0.5) is 30.2 Å². The molecule has 3 N–H and O–H groups in total. The number of nitrogens with zero attached hydrogens (tertiary/aromatic N) is 3. The maximum absolute atomic E-state index is 12.7. The number of amides is 1. The second-order valence-corrected chi connectivity index (χ2v) is 7.76. The second-order valence-electron chi connectivity index (χ2n) is 7.76. The zero-order valence-electron chi connectivity index (χ0n) is 17.9. The lowest BCUT2D eigenvalue weighted by Crippen LogP contribution is -2.19. The molecule has 35 heavy (non-hydrogen) atoms. The molecule has 8 nitrogen and oxygen atoms in total. The number of alkyl halides is 3. The molecule has 3 heterocycles. The summed E-state index contributed by atoms with van der Waals surface area (Å²) in [6.07, 6.45) is 0.276. The maximum Gasteiger partial charge on any atom is 0.416 e. The topological polar surface area (TPSA) is 105 Å². The van der Waals surface area contributed by atoms with E-state index >= 15 is 0 Å². The zero-order valence-corrected chi connectivity index (χ0v) is 17.9. The average Bonchev–Trinajstić information content (AvgIpc) is 3.25. The van der Waals surface area contributed by atoms with Crippen molar-refractivity contribution in [3.63, 3.8) is 0 Å². The van der Waals surface area contributed by atoms with Gasteiger partial charge in [0.05, 0.1) is 23.1 Å². The smallest absolute Gasteiger partial charge is 0.352 e. The van der Waals surface area contributed by atoms with Gasteiger partial charge in [-0.05, 0) is 36.4 Å². The molecule has 5 rings (SSSR count). The van der Waals surface area contributed by atoms with E-state index in [1.54, 1.807) is 30.6 Å². The van der Waals surface area contributed by atoms with E-state index < -0.39 is 17.6 Å². The molecule has 0 fully saturated rings. The maximum atomic E-state index is 12.7. The highest BCUT2D eigenvalue weighted by atomic mass is 19.4. The minimum atomic E-state index is -4.44. The zero-order chi connectivity index (χ0) is 24.6. The van der Waals surface area contributed by atoms with Gasteiger partial charge in [-0.25, -0.2) is 4.98 Å². The Bertz CT molecular complexity index is 1610. The van der Waals surface area contributed by atoms with Crippen LogP contribution in [-0.4, -0.2) is 25.7 Å². The van der Waals surface area contributed by atoms with E-state index in [0.717, 1.165) is 22.9 Å². The van der Waals surface area contributed by atoms with E-state index in [1.165, 1.54) is 23.0 Å². The van der Waals surface area contributed by atoms with Gasteiger partial charge in [0, 0.05) is 34.2 Å². The number of halogens is 3. The number of pyridine rings is 2. The summed E-state index contributed by atoms with van der Waals surface area (Å²) in [5.41, 5.74) is 0.939. The van der Waals surface area contributed by atoms with E-state index in [0.29, 0.717) is 22.4 Å². The number of anilines is 3. The number of fused-ring (bicyclic) bond motifs is 3. The van der Waals surface area contributed by atoms with E-state index in [1.807, 2.05) is 12.1 Å². The molecule has 5 aromatic rings. The summed E-state index contributed by atoms with van der Waals surface area (Å²) in [5, 5.41) is 12.0. The van der Waals surface area contributed by atoms with Crippen molar-refractivity contribution in [2.75, 3.05) is 10.6 Å². The van der Waals surface area contributed by atoms with E-state index in [9.17, 15) is 22.8 Å². The number of carbonyl (C=O) groups is 1. The monoisotopic (exact) mass is 478 g/mol. The van der Waals surface area contributed by atoms with E-state index in [-0.39, 0.29) is 17.8 Å². The van der Waals surface area contributed by atoms with Gasteiger partial charge in [-0.1, -0.05) is 18.2 Å². The van der Waals surface area contributed by atoms with Gasteiger partial charge in [0.1, 0.15) is 12.2 Å². The van der Waals surface area contributed by atoms with Crippen LogP contribution in [0, 0.1) is 0 Å². The van der Waals surface area contributed by atoms with Crippen LogP contribution in [0.15, 0.2) is 78.0 Å². The quantitative estimate of drug-likeness (QED) is 0.319. The third-order valence-electron chi connectivity index (χ3n) is 5.34. The number of carbonyl (C=O) groups excluding carboxylic acids is 1. The molecule has 0 aliphatic heterocycles. The largest absolute Gasteiger partial charge is 0.416 e. The summed E-state index contributed by atoms with van der Waals surface area (Å²) in [6.45, 7) is -0.143. The Kier molecular flexibility index (Phi) is 5.44. The van der Waals surface area contributed by atoms with Gasteiger partial charge in [0.2, 0.25) is 5.91 Å². The van der Waals surface area contributed by atoms with Crippen molar-refractivity contribution in [3.05, 3.63) is 89.1 Å². The molecular weight excluding hydrogens is 461 g/mol. The average molecular weight is 478 g/mol. The number of aromatic nitrogens is 4. The Morgan fingerprint density at radius 1 is 1.00 bits per heavy atom. The van der Waals surface area contributed by atoms with Crippen molar-refractivity contribution < 1.29 is 18.0 Å². The first-order valence-electron chi connectivity index (χ1n) is 10.4. The van der Waals surface area contributed by atoms with Crippen LogP contribution in [-0.2, 0) is 17.5 Å². The Balaban J connectivity index is 1.33. The first kappa shape index (κ1) is 22.1. The number of rotatable bonds is 5. The SMILES string of the molecule is O=C(Cn1cc(Nc2ccnc3[nH]c(=O)c4ccccc4c23)cn1)Nc1ccc(C(F)(F)F)cc1. The number of nitrogens with one attached hydrogen (secondary N) is 3. The number of aromatic amines is 1. The van der Waals surface area contributed by atoms with E-state index in [2.05, 4.69) is 25.7 Å². The van der Waals surface area contributed by atoms with Crippen LogP contribution in [0.2, 0.25) is 0 Å². The van der Waals surface area contributed by atoms with Crippen LogP contribution in [0.25, 0.3) is 21.8 Å². The number of hydrogen-bond acceptors (Lipinski definition) is 5. The number of hydrogen-bond donors (Lipinski definition) is 3. The fraction of sp³-hybridized carbons (Fsp3) is 0.0833. The minimum Gasteiger partial charge on any atom is -0.352 e. The minimum absolute atomic E-state index is 0.143. The molecule has 0 saturated carbocycles. The molecule has 3 aromatic heterocycles. The van der Waals surface area contributed by atoms with Gasteiger partial charge < -0.3 is 15.6 Å². The summed E-state index contributed by atoms with van der Waals surface area (Å²) in [5.74, 6) is -0.447. The van der Waals surface area contributed by atoms with Crippen LogP contribution in [0.5, 0.6) is 0 Å². The molecule has 1 amide bonds. The molecule has 0 bridgehead atoms. The predicted molar refractivity (Wildman–Crippen MR) is 125 cm³/mol. The highest BCUT2D eigenvalue weighted by Gasteiger charge is 2.30. The van der Waals surface area contributed by atoms with Crippen LogP contribution >= 0.6 is 0 Å². The molecule has 0 aliphatic rings. The van der Waals surface area contributed by atoms with Crippen molar-refractivity contribution in [2.24, 2.45) is 0 Å². The first-order valence-corrected chi connectivity index (χ1v) is 10.4. The van der Waals surface area contributed by atoms with Gasteiger partial charge in [0.15, 0.2) is 0 Å². The summed E-state index contributed by atoms with van der Waals surface area (Å²) in [4.78, 5) is 31.7. The molecule has 0 spiro atoms. The molecule has 11 heteroatoms. The summed E-state index contributed by atoms with van der Waals surface area (Å²) in [6, 6.07) is 13.2.